The molecule has 0 bridgehead atoms. The highest BCUT2D eigenvalue weighted by Crippen LogP contribution is 2.17. The van der Waals surface area contributed by atoms with E-state index in [-0.39, 0.29) is 6.35 Å². The fourth-order valence-electron chi connectivity index (χ4n) is 2.70. The van der Waals surface area contributed by atoms with E-state index in [1.165, 1.54) is 12.8 Å². The SMILES string of the molecule is CCOC(=O)/C(CC)=N\OC(N1CCCC1)N1CCOCC1. The van der Waals surface area contributed by atoms with Gasteiger partial charge in [0.1, 0.15) is 0 Å². The molecule has 2 fully saturated rings. The van der Waals surface area contributed by atoms with Gasteiger partial charge in [0.05, 0.1) is 19.8 Å². The molecule has 22 heavy (non-hydrogen) atoms. The molecule has 0 spiro atoms. The molecule has 1 unspecified atom stereocenters. The number of likely N-dealkylation sites (tertiary alicyclic amines) is 1. The van der Waals surface area contributed by atoms with Gasteiger partial charge in [0.2, 0.25) is 6.35 Å². The Balaban J connectivity index is 2.02. The summed E-state index contributed by atoms with van der Waals surface area (Å²) < 4.78 is 10.4. The molecular weight excluding hydrogens is 286 g/mol. The van der Waals surface area contributed by atoms with Gasteiger partial charge < -0.3 is 14.3 Å². The van der Waals surface area contributed by atoms with E-state index in [1.807, 2.05) is 6.92 Å². The number of rotatable bonds is 7. The maximum absolute atomic E-state index is 11.8. The van der Waals surface area contributed by atoms with E-state index in [4.69, 9.17) is 14.3 Å². The average molecular weight is 313 g/mol. The summed E-state index contributed by atoms with van der Waals surface area (Å²) in [5, 5.41) is 4.10. The van der Waals surface area contributed by atoms with Gasteiger partial charge in [0.25, 0.3) is 0 Å². The topological polar surface area (TPSA) is 63.6 Å². The highest BCUT2D eigenvalue weighted by atomic mass is 16.7. The number of oxime groups is 1. The zero-order valence-electron chi connectivity index (χ0n) is 13.6. The fourth-order valence-corrected chi connectivity index (χ4v) is 2.70. The number of morpholine rings is 1. The Bertz CT molecular complexity index is 377. The molecule has 0 radical (unpaired) electrons. The quantitative estimate of drug-likeness (QED) is 0.398. The van der Waals surface area contributed by atoms with Crippen LogP contribution >= 0.6 is 0 Å². The highest BCUT2D eigenvalue weighted by molar-refractivity contribution is 6.36. The van der Waals surface area contributed by atoms with Crippen molar-refractivity contribution in [2.45, 2.75) is 39.5 Å². The van der Waals surface area contributed by atoms with Crippen LogP contribution in [0.5, 0.6) is 0 Å². The molecule has 2 heterocycles. The van der Waals surface area contributed by atoms with Gasteiger partial charge in [-0.3, -0.25) is 4.90 Å². The Morgan fingerprint density at radius 2 is 1.77 bits per heavy atom. The molecule has 0 N–H and O–H groups in total. The summed E-state index contributed by atoms with van der Waals surface area (Å²) in [6, 6.07) is 0. The second kappa shape index (κ2) is 9.07. The van der Waals surface area contributed by atoms with E-state index in [0.29, 0.717) is 32.0 Å². The minimum atomic E-state index is -0.396. The Hall–Kier alpha value is -1.18. The average Bonchev–Trinajstić information content (AvgIpc) is 3.07. The van der Waals surface area contributed by atoms with Crippen LogP contribution in [-0.2, 0) is 19.1 Å². The maximum atomic E-state index is 11.8. The fraction of sp³-hybridized carbons (Fsp3) is 0.867. The molecule has 7 nitrogen and oxygen atoms in total. The van der Waals surface area contributed by atoms with Crippen LogP contribution < -0.4 is 0 Å². The van der Waals surface area contributed by atoms with Crippen LogP contribution in [0.1, 0.15) is 33.1 Å². The van der Waals surface area contributed by atoms with Crippen LogP contribution in [0.4, 0.5) is 0 Å². The number of carbonyl (C=O) groups excluding carboxylic acids is 1. The van der Waals surface area contributed by atoms with Crippen molar-refractivity contribution in [3.63, 3.8) is 0 Å². The first-order valence-electron chi connectivity index (χ1n) is 8.22. The van der Waals surface area contributed by atoms with Crippen molar-refractivity contribution in [1.82, 2.24) is 9.80 Å². The molecule has 2 rings (SSSR count). The highest BCUT2D eigenvalue weighted by Gasteiger charge is 2.31. The van der Waals surface area contributed by atoms with Gasteiger partial charge in [0.15, 0.2) is 5.71 Å². The Labute approximate surface area is 132 Å². The minimum absolute atomic E-state index is 0.220. The maximum Gasteiger partial charge on any atom is 0.356 e. The number of carbonyl (C=O) groups is 1. The van der Waals surface area contributed by atoms with E-state index in [0.717, 1.165) is 26.2 Å². The molecule has 0 saturated carbocycles. The number of esters is 1. The number of nitrogens with zero attached hydrogens (tertiary/aromatic N) is 3. The summed E-state index contributed by atoms with van der Waals surface area (Å²) in [7, 11) is 0. The lowest BCUT2D eigenvalue weighted by Crippen LogP contribution is -2.52. The van der Waals surface area contributed by atoms with Gasteiger partial charge in [-0.2, -0.15) is 0 Å². The van der Waals surface area contributed by atoms with E-state index < -0.39 is 5.97 Å². The molecule has 2 aliphatic rings. The van der Waals surface area contributed by atoms with E-state index in [2.05, 4.69) is 15.0 Å². The molecule has 0 aliphatic carbocycles. The molecule has 0 aromatic heterocycles. The number of hydrogen-bond acceptors (Lipinski definition) is 7. The Morgan fingerprint density at radius 1 is 1.14 bits per heavy atom. The second-order valence-electron chi connectivity index (χ2n) is 5.44. The van der Waals surface area contributed by atoms with Gasteiger partial charge in [0, 0.05) is 26.2 Å². The number of hydrogen-bond donors (Lipinski definition) is 0. The molecule has 2 saturated heterocycles. The van der Waals surface area contributed by atoms with Gasteiger partial charge >= 0.3 is 5.97 Å². The van der Waals surface area contributed by atoms with Crippen LogP contribution in [-0.4, -0.2) is 73.8 Å². The van der Waals surface area contributed by atoms with Gasteiger partial charge in [-0.25, -0.2) is 9.69 Å². The lowest BCUT2D eigenvalue weighted by molar-refractivity contribution is -0.167. The van der Waals surface area contributed by atoms with Gasteiger partial charge in [-0.1, -0.05) is 12.1 Å². The summed E-state index contributed by atoms with van der Waals surface area (Å²) >= 11 is 0. The van der Waals surface area contributed by atoms with Crippen molar-refractivity contribution < 1.29 is 19.1 Å². The smallest absolute Gasteiger partial charge is 0.356 e. The first-order valence-corrected chi connectivity index (χ1v) is 8.22. The van der Waals surface area contributed by atoms with Gasteiger partial charge in [-0.15, -0.1) is 0 Å². The van der Waals surface area contributed by atoms with E-state index in [1.54, 1.807) is 6.92 Å². The molecule has 0 amide bonds. The predicted molar refractivity (Wildman–Crippen MR) is 82.4 cm³/mol. The molecule has 1 atom stereocenters. The first-order chi connectivity index (χ1) is 10.8. The monoisotopic (exact) mass is 313 g/mol. The molecular formula is C15H27N3O4. The van der Waals surface area contributed by atoms with Crippen LogP contribution in [0.3, 0.4) is 0 Å². The lowest BCUT2D eigenvalue weighted by atomic mass is 10.3. The third kappa shape index (κ3) is 4.66. The zero-order valence-corrected chi connectivity index (χ0v) is 13.6. The predicted octanol–water partition coefficient (Wildman–Crippen LogP) is 1.04. The standard InChI is InChI=1S/C15H27N3O4/c1-3-13(14(19)21-4-2)16-22-15(17-7-5-6-8-17)18-9-11-20-12-10-18/h15H,3-12H2,1-2H3/b16-13-. The molecule has 0 aromatic rings. The third-order valence-corrected chi connectivity index (χ3v) is 3.91. The molecule has 0 aromatic carbocycles. The van der Waals surface area contributed by atoms with E-state index >= 15 is 0 Å². The largest absolute Gasteiger partial charge is 0.461 e. The summed E-state index contributed by atoms with van der Waals surface area (Å²) in [6.45, 7) is 9.04. The molecule has 7 heteroatoms. The number of ether oxygens (including phenoxy) is 2. The summed E-state index contributed by atoms with van der Waals surface area (Å²) in [6.07, 6.45) is 2.62. The van der Waals surface area contributed by atoms with Crippen molar-refractivity contribution in [2.75, 3.05) is 46.0 Å². The van der Waals surface area contributed by atoms with Crippen molar-refractivity contribution in [3.05, 3.63) is 0 Å². The summed E-state index contributed by atoms with van der Waals surface area (Å²) in [5.41, 5.74) is 0.333. The van der Waals surface area contributed by atoms with Crippen molar-refractivity contribution in [2.24, 2.45) is 5.16 Å². The minimum Gasteiger partial charge on any atom is -0.461 e. The lowest BCUT2D eigenvalue weighted by Gasteiger charge is -2.37. The van der Waals surface area contributed by atoms with Crippen LogP contribution in [0.15, 0.2) is 5.16 Å². The first kappa shape index (κ1) is 17.2. The third-order valence-electron chi connectivity index (χ3n) is 3.91. The van der Waals surface area contributed by atoms with Crippen molar-refractivity contribution >= 4 is 11.7 Å². The van der Waals surface area contributed by atoms with Crippen LogP contribution in [0, 0.1) is 0 Å². The van der Waals surface area contributed by atoms with Gasteiger partial charge in [-0.05, 0) is 26.2 Å². The van der Waals surface area contributed by atoms with Crippen LogP contribution in [0.25, 0.3) is 0 Å². The summed E-state index contributed by atoms with van der Waals surface area (Å²) in [4.78, 5) is 22.1. The van der Waals surface area contributed by atoms with Crippen LogP contribution in [0.2, 0.25) is 0 Å². The Kier molecular flexibility index (Phi) is 7.08. The second-order valence-corrected chi connectivity index (χ2v) is 5.44. The Morgan fingerprint density at radius 3 is 2.36 bits per heavy atom. The zero-order chi connectivity index (χ0) is 15.8. The molecule has 2 aliphatic heterocycles. The van der Waals surface area contributed by atoms with Crippen molar-refractivity contribution in [1.29, 1.82) is 0 Å². The van der Waals surface area contributed by atoms with E-state index in [9.17, 15) is 4.79 Å². The normalized spacial score (nSPS) is 22.5. The summed E-state index contributed by atoms with van der Waals surface area (Å²) in [5.74, 6) is -0.396. The van der Waals surface area contributed by atoms with Crippen molar-refractivity contribution in [3.8, 4) is 0 Å². The molecule has 126 valence electrons.